The van der Waals surface area contributed by atoms with Gasteiger partial charge in [0.2, 0.25) is 0 Å². The largest absolute Gasteiger partial charge is 0.125 e. The molecule has 0 N–H and O–H groups in total. The summed E-state index contributed by atoms with van der Waals surface area (Å²) in [7, 11) is 0. The first-order valence-electron chi connectivity index (χ1n) is 3.34. The second-order valence-electron chi connectivity index (χ2n) is 2.40. The predicted molar refractivity (Wildman–Crippen MR) is 46.1 cm³/mol. The highest BCUT2D eigenvalue weighted by Crippen LogP contribution is 2.17. The molecule has 0 fully saturated rings. The monoisotopic (exact) mass is 141 g/mol. The van der Waals surface area contributed by atoms with Crippen LogP contribution < -0.4 is 0 Å². The lowest BCUT2D eigenvalue weighted by molar-refractivity contribution is 0.945. The van der Waals surface area contributed by atoms with Gasteiger partial charge in [-0.3, -0.25) is 0 Å². The molecule has 0 amide bonds. The van der Waals surface area contributed by atoms with E-state index in [2.05, 4.69) is 31.7 Å². The van der Waals surface area contributed by atoms with Gasteiger partial charge in [0, 0.05) is 0 Å². The Morgan fingerprint density at radius 1 is 1.67 bits per heavy atom. The minimum Gasteiger partial charge on any atom is -0.0840 e. The van der Waals surface area contributed by atoms with Crippen molar-refractivity contribution >= 4 is 12.6 Å². The molecule has 0 bridgehead atoms. The van der Waals surface area contributed by atoms with Gasteiger partial charge >= 0.3 is 0 Å². The average Bonchev–Trinajstić information content (AvgIpc) is 1.89. The average molecular weight is 141 g/mol. The van der Waals surface area contributed by atoms with Crippen molar-refractivity contribution in [1.82, 2.24) is 0 Å². The molecule has 0 aromatic rings. The van der Waals surface area contributed by atoms with Crippen molar-refractivity contribution in [2.75, 3.05) is 5.75 Å². The molecule has 0 radical (unpaired) electrons. The highest BCUT2D eigenvalue weighted by atomic mass is 32.1. The third-order valence-corrected chi connectivity index (χ3v) is 2.18. The van der Waals surface area contributed by atoms with Gasteiger partial charge in [-0.2, -0.15) is 0 Å². The maximum Gasteiger partial charge on any atom is 0.125 e. The molecule has 9 heavy (non-hydrogen) atoms. The number of allylic oxidation sites excluding steroid dienone is 3. The van der Waals surface area contributed by atoms with Gasteiger partial charge in [0.1, 0.15) is 5.75 Å². The molecule has 1 rings (SSSR count). The quantitative estimate of drug-likeness (QED) is 0.487. The van der Waals surface area contributed by atoms with Gasteiger partial charge in [0.25, 0.3) is 0 Å². The molecule has 0 aromatic carbocycles. The van der Waals surface area contributed by atoms with Crippen molar-refractivity contribution in [3.8, 4) is 0 Å². The zero-order valence-corrected chi connectivity index (χ0v) is 6.78. The van der Waals surface area contributed by atoms with Crippen LogP contribution in [0.4, 0.5) is 0 Å². The van der Waals surface area contributed by atoms with E-state index in [1.807, 2.05) is 0 Å². The van der Waals surface area contributed by atoms with Gasteiger partial charge in [-0.05, 0) is 43.5 Å². The number of rotatable bonds is 1. The molecule has 1 aliphatic rings. The summed E-state index contributed by atoms with van der Waals surface area (Å²) in [4.78, 5) is 0. The Hall–Kier alpha value is -0.170. The van der Waals surface area contributed by atoms with E-state index in [9.17, 15) is 0 Å². The third kappa shape index (κ3) is 1.62. The summed E-state index contributed by atoms with van der Waals surface area (Å²) >= 11 is 3.50. The van der Waals surface area contributed by atoms with E-state index in [1.165, 1.54) is 18.4 Å². The molecule has 0 aromatic heterocycles. The molecule has 1 aliphatic carbocycles. The summed E-state index contributed by atoms with van der Waals surface area (Å²) in [5.74, 6) is 1.04. The molecular formula is C8H13S+. The first-order chi connectivity index (χ1) is 4.34. The molecule has 0 spiro atoms. The van der Waals surface area contributed by atoms with Crippen LogP contribution in [0.3, 0.4) is 0 Å². The molecular weight excluding hydrogens is 128 g/mol. The molecule has 0 saturated carbocycles. The van der Waals surface area contributed by atoms with E-state index in [0.29, 0.717) is 0 Å². The van der Waals surface area contributed by atoms with Crippen LogP contribution in [-0.2, 0) is 12.6 Å². The summed E-state index contributed by atoms with van der Waals surface area (Å²) in [5, 5.41) is 0. The van der Waals surface area contributed by atoms with Gasteiger partial charge < -0.3 is 0 Å². The lowest BCUT2D eigenvalue weighted by atomic mass is 10.0. The molecule has 0 nitrogen and oxygen atoms in total. The molecule has 0 aliphatic heterocycles. The van der Waals surface area contributed by atoms with Crippen molar-refractivity contribution < 1.29 is 0 Å². The Labute approximate surface area is 62.1 Å². The van der Waals surface area contributed by atoms with Crippen LogP contribution in [0.15, 0.2) is 23.3 Å². The topological polar surface area (TPSA) is 0 Å². The highest BCUT2D eigenvalue weighted by Gasteiger charge is 2.03. The van der Waals surface area contributed by atoms with Crippen molar-refractivity contribution in [3.05, 3.63) is 23.3 Å². The van der Waals surface area contributed by atoms with Crippen molar-refractivity contribution in [1.29, 1.82) is 0 Å². The summed E-state index contributed by atoms with van der Waals surface area (Å²) in [6.45, 7) is 2.17. The van der Waals surface area contributed by atoms with Gasteiger partial charge in [0.05, 0.1) is 0 Å². The van der Waals surface area contributed by atoms with Gasteiger partial charge in [-0.25, -0.2) is 0 Å². The zero-order valence-electron chi connectivity index (χ0n) is 5.78. The first kappa shape index (κ1) is 6.94. The fourth-order valence-corrected chi connectivity index (χ4v) is 1.52. The molecule has 0 heterocycles. The van der Waals surface area contributed by atoms with E-state index < -0.39 is 0 Å². The Balaban J connectivity index is 2.72. The lowest BCUT2D eigenvalue weighted by Gasteiger charge is -2.06. The maximum absolute atomic E-state index is 3.50. The van der Waals surface area contributed by atoms with Crippen LogP contribution in [-0.4, -0.2) is 5.75 Å². The van der Waals surface area contributed by atoms with Crippen LogP contribution in [0.1, 0.15) is 19.8 Å². The Bertz CT molecular complexity index is 154. The van der Waals surface area contributed by atoms with E-state index in [-0.39, 0.29) is 0 Å². The molecule has 0 unspecified atom stereocenters. The highest BCUT2D eigenvalue weighted by molar-refractivity contribution is 7.58. The normalized spacial score (nSPS) is 18.9. The fraction of sp³-hybridized carbons (Fsp3) is 0.500. The van der Waals surface area contributed by atoms with Crippen LogP contribution >= 0.6 is 0 Å². The summed E-state index contributed by atoms with van der Waals surface area (Å²) < 4.78 is 0. The lowest BCUT2D eigenvalue weighted by Crippen LogP contribution is -1.94. The van der Waals surface area contributed by atoms with Crippen LogP contribution in [0.5, 0.6) is 0 Å². The van der Waals surface area contributed by atoms with E-state index >= 15 is 0 Å². The maximum atomic E-state index is 3.50. The molecule has 0 saturated heterocycles. The summed E-state index contributed by atoms with van der Waals surface area (Å²) in [5.41, 5.74) is 2.99. The number of hydrogen-bond donors (Lipinski definition) is 0. The minimum atomic E-state index is 1.04. The van der Waals surface area contributed by atoms with Crippen LogP contribution in [0.25, 0.3) is 0 Å². The predicted octanol–water partition coefficient (Wildman–Crippen LogP) is 1.66. The number of hydrogen-bond acceptors (Lipinski definition) is 0. The summed E-state index contributed by atoms with van der Waals surface area (Å²) in [6.07, 6.45) is 6.91. The van der Waals surface area contributed by atoms with Gasteiger partial charge in [-0.1, -0.05) is 12.2 Å². The Morgan fingerprint density at radius 2 is 2.44 bits per heavy atom. The molecule has 1 heteroatoms. The first-order valence-corrected chi connectivity index (χ1v) is 4.05. The fourth-order valence-electron chi connectivity index (χ4n) is 1.06. The van der Waals surface area contributed by atoms with Crippen molar-refractivity contribution in [3.63, 3.8) is 0 Å². The SMILES string of the molecule is CC1=C(C[SH2+])CCC=C1. The van der Waals surface area contributed by atoms with Gasteiger partial charge in [0.15, 0.2) is 0 Å². The van der Waals surface area contributed by atoms with Crippen molar-refractivity contribution in [2.45, 2.75) is 19.8 Å². The van der Waals surface area contributed by atoms with E-state index in [1.54, 1.807) is 5.57 Å². The second-order valence-corrected chi connectivity index (χ2v) is 2.76. The van der Waals surface area contributed by atoms with E-state index in [0.717, 1.165) is 5.75 Å². The Morgan fingerprint density at radius 3 is 2.89 bits per heavy atom. The third-order valence-electron chi connectivity index (χ3n) is 1.75. The molecule has 0 atom stereocenters. The van der Waals surface area contributed by atoms with Crippen LogP contribution in [0, 0.1) is 0 Å². The minimum absolute atomic E-state index is 1.04. The zero-order chi connectivity index (χ0) is 6.69. The molecule has 50 valence electrons. The summed E-state index contributed by atoms with van der Waals surface area (Å²) in [6, 6.07) is 0. The smallest absolute Gasteiger partial charge is 0.0840 e. The van der Waals surface area contributed by atoms with Crippen molar-refractivity contribution in [2.24, 2.45) is 0 Å². The van der Waals surface area contributed by atoms with Gasteiger partial charge in [-0.15, -0.1) is 0 Å². The van der Waals surface area contributed by atoms with Crippen LogP contribution in [0.2, 0.25) is 0 Å². The second kappa shape index (κ2) is 3.11. The standard InChI is InChI=1S/C8H12S/c1-7-4-2-3-5-8(7)6-9/h2,4,9H,3,5-6H2,1H3/p+1. The van der Waals surface area contributed by atoms with E-state index in [4.69, 9.17) is 0 Å². The Kier molecular flexibility index (Phi) is 2.40.